The van der Waals surface area contributed by atoms with Gasteiger partial charge in [0.05, 0.1) is 0 Å². The molecule has 0 fully saturated rings. The zero-order chi connectivity index (χ0) is 15.5. The second-order valence-electron chi connectivity index (χ2n) is 3.94. The molecule has 0 bridgehead atoms. The molecule has 1 nitrogen and oxygen atoms in total. The maximum Gasteiger partial charge on any atom is 0.0498 e. The van der Waals surface area contributed by atoms with Crippen LogP contribution in [0.1, 0.15) is 15.2 Å². The van der Waals surface area contributed by atoms with Gasteiger partial charge in [-0.1, -0.05) is 24.3 Å². The summed E-state index contributed by atoms with van der Waals surface area (Å²) in [7, 11) is -1.96. The smallest absolute Gasteiger partial charge is 0.0498 e. The molecular weight excluding hydrogens is 260 g/mol. The van der Waals surface area contributed by atoms with E-state index in [9.17, 15) is 4.21 Å². The Balaban J connectivity index is 2.10. The molecule has 0 aliphatic carbocycles. The number of thioether (sulfide) groups is 1. The molecule has 3 heteroatoms. The van der Waals surface area contributed by atoms with Crippen LogP contribution in [0.5, 0.6) is 0 Å². The Morgan fingerprint density at radius 2 is 1.61 bits per heavy atom. The average Bonchev–Trinajstić information content (AvgIpc) is 2.47. The number of hydrogen-bond donors (Lipinski definition) is 0. The maximum absolute atomic E-state index is 11.8. The fourth-order valence-corrected chi connectivity index (χ4v) is 2.50. The third-order valence-corrected chi connectivity index (χ3v) is 4.15. The highest BCUT2D eigenvalue weighted by atomic mass is 32.2. The van der Waals surface area contributed by atoms with Gasteiger partial charge in [0.15, 0.2) is 0 Å². The molecule has 0 aromatic heterocycles. The van der Waals surface area contributed by atoms with Crippen molar-refractivity contribution in [1.82, 2.24) is 0 Å². The fourth-order valence-electron chi connectivity index (χ4n) is 1.71. The van der Waals surface area contributed by atoms with Gasteiger partial charge in [0.2, 0.25) is 0 Å². The molecule has 94 valence electrons. The molecule has 1 atom stereocenters. The zero-order valence-electron chi connectivity index (χ0n) is 13.1. The third kappa shape index (κ3) is 3.47. The zero-order valence-corrected chi connectivity index (χ0v) is 11.7. The molecule has 0 spiro atoms. The Morgan fingerprint density at radius 3 is 2.11 bits per heavy atom. The summed E-state index contributed by atoms with van der Waals surface area (Å²) in [4.78, 5) is 1.57. The van der Waals surface area contributed by atoms with E-state index in [2.05, 4.69) is 24.3 Å². The minimum atomic E-state index is -2.46. The first-order chi connectivity index (χ1) is 9.90. The van der Waals surface area contributed by atoms with Crippen LogP contribution in [-0.2, 0) is 17.2 Å². The van der Waals surface area contributed by atoms with Gasteiger partial charge in [-0.15, -0.1) is 11.8 Å². The Hall–Kier alpha value is -1.06. The van der Waals surface area contributed by atoms with Crippen LogP contribution in [0.15, 0.2) is 58.3 Å². The lowest BCUT2D eigenvalue weighted by Gasteiger charge is -2.04. The van der Waals surface area contributed by atoms with Crippen LogP contribution in [0.3, 0.4) is 0 Å². The van der Waals surface area contributed by atoms with E-state index in [1.54, 1.807) is 23.9 Å². The molecule has 0 heterocycles. The molecule has 0 radical (unpaired) electrons. The van der Waals surface area contributed by atoms with Crippen LogP contribution < -0.4 is 0 Å². The van der Waals surface area contributed by atoms with Crippen LogP contribution in [0.4, 0.5) is 0 Å². The van der Waals surface area contributed by atoms with Gasteiger partial charge in [-0.25, -0.2) is 0 Å². The van der Waals surface area contributed by atoms with Crippen molar-refractivity contribution in [3.8, 4) is 0 Å². The van der Waals surface area contributed by atoms with Gasteiger partial charge < -0.3 is 0 Å². The van der Waals surface area contributed by atoms with Crippen LogP contribution >= 0.6 is 11.8 Å². The highest BCUT2D eigenvalue weighted by Gasteiger charge is 1.99. The van der Waals surface area contributed by atoms with Gasteiger partial charge in [0.25, 0.3) is 0 Å². The lowest BCUT2D eigenvalue weighted by molar-refractivity contribution is 0.687. The second-order valence-corrected chi connectivity index (χ2v) is 5.83. The van der Waals surface area contributed by atoms with E-state index >= 15 is 0 Å². The summed E-state index contributed by atoms with van der Waals surface area (Å²) in [5.74, 6) is 0. The Labute approximate surface area is 119 Å². The summed E-state index contributed by atoms with van der Waals surface area (Å²) in [6.07, 6.45) is 0.350. The lowest BCUT2D eigenvalue weighted by Crippen LogP contribution is -1.91. The average molecular weight is 279 g/mol. The normalized spacial score (nSPS) is 15.5. The van der Waals surface area contributed by atoms with Crippen molar-refractivity contribution in [3.05, 3.63) is 59.7 Å². The highest BCUT2D eigenvalue weighted by Crippen LogP contribution is 2.17. The van der Waals surface area contributed by atoms with Crippen molar-refractivity contribution in [2.45, 2.75) is 16.2 Å². The SMILES string of the molecule is [2H]C([2H])([2H])S(=O)c1ccc(Cc2ccc(SC)cc2)cc1. The monoisotopic (exact) mass is 279 g/mol. The summed E-state index contributed by atoms with van der Waals surface area (Å²) in [6, 6.07) is 15.3. The van der Waals surface area contributed by atoms with E-state index < -0.39 is 17.0 Å². The quantitative estimate of drug-likeness (QED) is 0.793. The van der Waals surface area contributed by atoms with Gasteiger partial charge in [-0.3, -0.25) is 4.21 Å². The maximum atomic E-state index is 11.8. The summed E-state index contributed by atoms with van der Waals surface area (Å²) in [5, 5.41) is 0. The minimum Gasteiger partial charge on any atom is -0.255 e. The first-order valence-electron chi connectivity index (χ1n) is 7.04. The van der Waals surface area contributed by atoms with Crippen molar-refractivity contribution in [3.63, 3.8) is 0 Å². The summed E-state index contributed by atoms with van der Waals surface area (Å²) in [5.41, 5.74) is 2.26. The third-order valence-electron chi connectivity index (χ3n) is 2.70. The molecule has 2 aromatic carbocycles. The minimum absolute atomic E-state index is 0.344. The van der Waals surface area contributed by atoms with E-state index in [0.29, 0.717) is 4.90 Å². The molecule has 0 amide bonds. The second kappa shape index (κ2) is 6.21. The van der Waals surface area contributed by atoms with E-state index in [0.717, 1.165) is 12.0 Å². The van der Waals surface area contributed by atoms with Gasteiger partial charge in [0, 0.05) is 30.9 Å². The molecular formula is C15H16OS2. The van der Waals surface area contributed by atoms with E-state index in [1.807, 2.05) is 18.4 Å². The van der Waals surface area contributed by atoms with E-state index in [4.69, 9.17) is 4.11 Å². The Kier molecular flexibility index (Phi) is 3.39. The fraction of sp³-hybridized carbons (Fsp3) is 0.200. The Bertz CT molecular complexity index is 619. The van der Waals surface area contributed by atoms with Gasteiger partial charge >= 0.3 is 0 Å². The molecule has 1 unspecified atom stereocenters. The first kappa shape index (κ1) is 9.82. The molecule has 0 saturated heterocycles. The summed E-state index contributed by atoms with van der Waals surface area (Å²) >= 11 is 1.70. The predicted molar refractivity (Wildman–Crippen MR) is 79.8 cm³/mol. The molecule has 0 N–H and O–H groups in total. The van der Waals surface area contributed by atoms with Gasteiger partial charge in [-0.2, -0.15) is 0 Å². The first-order valence-corrected chi connectivity index (χ1v) is 7.91. The molecule has 18 heavy (non-hydrogen) atoms. The number of rotatable bonds is 4. The topological polar surface area (TPSA) is 17.1 Å². The molecule has 2 aromatic rings. The molecule has 0 aliphatic heterocycles. The van der Waals surface area contributed by atoms with Crippen LogP contribution in [0.25, 0.3) is 0 Å². The van der Waals surface area contributed by atoms with Crippen molar-refractivity contribution >= 4 is 22.6 Å². The largest absolute Gasteiger partial charge is 0.255 e. The predicted octanol–water partition coefficient (Wildman–Crippen LogP) is 3.74. The van der Waals surface area contributed by atoms with E-state index in [1.165, 1.54) is 10.5 Å². The highest BCUT2D eigenvalue weighted by molar-refractivity contribution is 7.98. The standard InChI is InChI=1S/C15H16OS2/c1-17-14-7-3-12(4-8-14)11-13-5-9-15(10-6-13)18(2)16/h3-10H,11H2,1-2H3/i2D3. The summed E-state index contributed by atoms with van der Waals surface area (Å²) < 4.78 is 33.3. The van der Waals surface area contributed by atoms with Crippen molar-refractivity contribution < 1.29 is 8.32 Å². The molecule has 0 aliphatic rings. The van der Waals surface area contributed by atoms with Crippen LogP contribution in [-0.4, -0.2) is 16.6 Å². The van der Waals surface area contributed by atoms with Crippen molar-refractivity contribution in [1.29, 1.82) is 0 Å². The van der Waals surface area contributed by atoms with Crippen LogP contribution in [0, 0.1) is 0 Å². The summed E-state index contributed by atoms with van der Waals surface area (Å²) in [6.45, 7) is 0. The molecule has 2 rings (SSSR count). The van der Waals surface area contributed by atoms with E-state index in [-0.39, 0.29) is 0 Å². The van der Waals surface area contributed by atoms with Crippen molar-refractivity contribution in [2.24, 2.45) is 0 Å². The van der Waals surface area contributed by atoms with Crippen molar-refractivity contribution in [2.75, 3.05) is 12.4 Å². The number of benzene rings is 2. The van der Waals surface area contributed by atoms with Crippen LogP contribution in [0.2, 0.25) is 0 Å². The van der Waals surface area contributed by atoms with Gasteiger partial charge in [0.1, 0.15) is 0 Å². The molecule has 0 saturated carbocycles. The number of hydrogen-bond acceptors (Lipinski definition) is 2. The Morgan fingerprint density at radius 1 is 1.06 bits per heavy atom. The lowest BCUT2D eigenvalue weighted by atomic mass is 10.1. The van der Waals surface area contributed by atoms with Gasteiger partial charge in [-0.05, 0) is 48.1 Å².